The van der Waals surface area contributed by atoms with Crippen LogP contribution in [0.25, 0.3) is 0 Å². The van der Waals surface area contributed by atoms with Gasteiger partial charge in [0, 0.05) is 12.6 Å². The maximum Gasteiger partial charge on any atom is 0.256 e. The molecule has 1 aromatic heterocycles. The number of hydrogen-bond acceptors (Lipinski definition) is 4. The fraction of sp³-hybridized carbons (Fsp3) is 0.333. The van der Waals surface area contributed by atoms with E-state index in [4.69, 9.17) is 9.47 Å². The molecule has 0 aliphatic rings. The number of nitrogens with zero attached hydrogens (tertiary/aromatic N) is 1. The van der Waals surface area contributed by atoms with E-state index in [9.17, 15) is 4.79 Å². The minimum atomic E-state index is 0.341. The zero-order chi connectivity index (χ0) is 9.68. The molecule has 0 radical (unpaired) electrons. The van der Waals surface area contributed by atoms with E-state index in [2.05, 4.69) is 4.98 Å². The van der Waals surface area contributed by atoms with Gasteiger partial charge in [-0.05, 0) is 11.6 Å². The van der Waals surface area contributed by atoms with E-state index in [1.165, 1.54) is 14.2 Å². The average molecular weight is 181 g/mol. The SMILES string of the molecule is COc1cc(CC=O)cnc1OC. The highest BCUT2D eigenvalue weighted by Crippen LogP contribution is 2.24. The molecule has 0 unspecified atom stereocenters. The maximum atomic E-state index is 10.2. The zero-order valence-corrected chi connectivity index (χ0v) is 7.61. The first-order valence-electron chi connectivity index (χ1n) is 3.82. The van der Waals surface area contributed by atoms with Crippen molar-refractivity contribution in [1.82, 2.24) is 4.98 Å². The molecule has 4 heteroatoms. The quantitative estimate of drug-likeness (QED) is 0.646. The second-order valence-corrected chi connectivity index (χ2v) is 2.43. The van der Waals surface area contributed by atoms with Crippen LogP contribution in [0.1, 0.15) is 5.56 Å². The van der Waals surface area contributed by atoms with Gasteiger partial charge in [-0.25, -0.2) is 4.98 Å². The van der Waals surface area contributed by atoms with Gasteiger partial charge in [-0.1, -0.05) is 0 Å². The Hall–Kier alpha value is -1.58. The molecule has 0 amide bonds. The lowest BCUT2D eigenvalue weighted by Crippen LogP contribution is -1.96. The molecule has 70 valence electrons. The van der Waals surface area contributed by atoms with Crippen LogP contribution < -0.4 is 9.47 Å². The third-order valence-corrected chi connectivity index (χ3v) is 1.61. The number of carbonyl (C=O) groups excluding carboxylic acids is 1. The molecule has 4 nitrogen and oxygen atoms in total. The van der Waals surface area contributed by atoms with Crippen LogP contribution in [0.15, 0.2) is 12.3 Å². The smallest absolute Gasteiger partial charge is 0.256 e. The zero-order valence-electron chi connectivity index (χ0n) is 7.61. The van der Waals surface area contributed by atoms with Gasteiger partial charge in [0.2, 0.25) is 0 Å². The number of rotatable bonds is 4. The summed E-state index contributed by atoms with van der Waals surface area (Å²) < 4.78 is 9.96. The Balaban J connectivity index is 2.98. The fourth-order valence-electron chi connectivity index (χ4n) is 0.980. The number of ether oxygens (including phenoxy) is 2. The second-order valence-electron chi connectivity index (χ2n) is 2.43. The summed E-state index contributed by atoms with van der Waals surface area (Å²) in [6.45, 7) is 0. The van der Waals surface area contributed by atoms with E-state index in [1.807, 2.05) is 0 Å². The molecule has 13 heavy (non-hydrogen) atoms. The van der Waals surface area contributed by atoms with Crippen LogP contribution in [-0.4, -0.2) is 25.5 Å². The number of aldehydes is 1. The van der Waals surface area contributed by atoms with E-state index in [1.54, 1.807) is 12.3 Å². The van der Waals surface area contributed by atoms with E-state index < -0.39 is 0 Å². The van der Waals surface area contributed by atoms with Crippen molar-refractivity contribution in [3.8, 4) is 11.6 Å². The van der Waals surface area contributed by atoms with Crippen molar-refractivity contribution in [2.45, 2.75) is 6.42 Å². The summed E-state index contributed by atoms with van der Waals surface area (Å²) in [7, 11) is 3.05. The summed E-state index contributed by atoms with van der Waals surface area (Å²) in [5, 5.41) is 0. The number of hydrogen-bond donors (Lipinski definition) is 0. The first-order chi connectivity index (χ1) is 6.31. The monoisotopic (exact) mass is 181 g/mol. The number of methoxy groups -OCH3 is 2. The van der Waals surface area contributed by atoms with Crippen molar-refractivity contribution in [3.05, 3.63) is 17.8 Å². The Morgan fingerprint density at radius 3 is 2.77 bits per heavy atom. The highest BCUT2D eigenvalue weighted by atomic mass is 16.5. The highest BCUT2D eigenvalue weighted by Gasteiger charge is 2.05. The van der Waals surface area contributed by atoms with E-state index in [0.29, 0.717) is 18.1 Å². The Morgan fingerprint density at radius 2 is 2.23 bits per heavy atom. The third-order valence-electron chi connectivity index (χ3n) is 1.61. The average Bonchev–Trinajstić information content (AvgIpc) is 2.18. The first-order valence-corrected chi connectivity index (χ1v) is 3.82. The lowest BCUT2D eigenvalue weighted by atomic mass is 10.2. The van der Waals surface area contributed by atoms with Gasteiger partial charge in [0.15, 0.2) is 5.75 Å². The molecule has 0 aliphatic carbocycles. The molecule has 0 aliphatic heterocycles. The van der Waals surface area contributed by atoms with Crippen LogP contribution in [0.3, 0.4) is 0 Å². The Labute approximate surface area is 76.5 Å². The highest BCUT2D eigenvalue weighted by molar-refractivity contribution is 5.55. The van der Waals surface area contributed by atoms with Gasteiger partial charge in [-0.15, -0.1) is 0 Å². The number of carbonyl (C=O) groups is 1. The van der Waals surface area contributed by atoms with Crippen LogP contribution in [-0.2, 0) is 11.2 Å². The molecule has 0 saturated carbocycles. The van der Waals surface area contributed by atoms with E-state index in [0.717, 1.165) is 11.8 Å². The van der Waals surface area contributed by atoms with Gasteiger partial charge in [-0.3, -0.25) is 0 Å². The van der Waals surface area contributed by atoms with Crippen molar-refractivity contribution in [2.75, 3.05) is 14.2 Å². The molecule has 1 heterocycles. The fourth-order valence-corrected chi connectivity index (χ4v) is 0.980. The van der Waals surface area contributed by atoms with Crippen molar-refractivity contribution in [3.63, 3.8) is 0 Å². The van der Waals surface area contributed by atoms with Crippen LogP contribution >= 0.6 is 0 Å². The van der Waals surface area contributed by atoms with Crippen molar-refractivity contribution in [1.29, 1.82) is 0 Å². The Morgan fingerprint density at radius 1 is 1.46 bits per heavy atom. The largest absolute Gasteiger partial charge is 0.491 e. The molecule has 0 fully saturated rings. The number of pyridine rings is 1. The number of aromatic nitrogens is 1. The third kappa shape index (κ3) is 2.18. The molecule has 1 rings (SSSR count). The summed E-state index contributed by atoms with van der Waals surface area (Å²) in [4.78, 5) is 14.2. The molecule has 0 spiro atoms. The van der Waals surface area contributed by atoms with Crippen LogP contribution in [0.5, 0.6) is 11.6 Å². The predicted molar refractivity (Wildman–Crippen MR) is 47.1 cm³/mol. The molecule has 0 N–H and O–H groups in total. The lowest BCUT2D eigenvalue weighted by Gasteiger charge is -2.06. The van der Waals surface area contributed by atoms with E-state index >= 15 is 0 Å². The second kappa shape index (κ2) is 4.45. The Bertz CT molecular complexity index is 299. The standard InChI is InChI=1S/C9H11NO3/c1-12-8-5-7(3-4-11)6-10-9(8)13-2/h4-6H,3H2,1-2H3. The summed E-state index contributed by atoms with van der Waals surface area (Å²) in [5.74, 6) is 0.971. The van der Waals surface area contributed by atoms with Crippen LogP contribution in [0.2, 0.25) is 0 Å². The topological polar surface area (TPSA) is 48.4 Å². The summed E-state index contributed by atoms with van der Waals surface area (Å²) in [5.41, 5.74) is 0.813. The molecular formula is C9H11NO3. The molecule has 0 aromatic carbocycles. The minimum absolute atomic E-state index is 0.341. The van der Waals surface area contributed by atoms with Gasteiger partial charge < -0.3 is 14.3 Å². The lowest BCUT2D eigenvalue weighted by molar-refractivity contribution is -0.107. The molecular weight excluding hydrogens is 170 g/mol. The normalized spacial score (nSPS) is 9.38. The molecule has 0 saturated heterocycles. The Kier molecular flexibility index (Phi) is 3.25. The van der Waals surface area contributed by atoms with Crippen molar-refractivity contribution < 1.29 is 14.3 Å². The first kappa shape index (κ1) is 9.51. The summed E-state index contributed by atoms with van der Waals surface area (Å²) >= 11 is 0. The summed E-state index contributed by atoms with van der Waals surface area (Å²) in [6, 6.07) is 1.74. The van der Waals surface area contributed by atoms with Gasteiger partial charge in [0.05, 0.1) is 14.2 Å². The minimum Gasteiger partial charge on any atom is -0.491 e. The van der Waals surface area contributed by atoms with Gasteiger partial charge in [0.1, 0.15) is 6.29 Å². The molecule has 1 aromatic rings. The van der Waals surface area contributed by atoms with Gasteiger partial charge >= 0.3 is 0 Å². The molecule has 0 bridgehead atoms. The van der Waals surface area contributed by atoms with Crippen LogP contribution in [0.4, 0.5) is 0 Å². The van der Waals surface area contributed by atoms with Crippen molar-refractivity contribution >= 4 is 6.29 Å². The molecule has 0 atom stereocenters. The predicted octanol–water partition coefficient (Wildman–Crippen LogP) is 0.840. The van der Waals surface area contributed by atoms with Crippen molar-refractivity contribution in [2.24, 2.45) is 0 Å². The van der Waals surface area contributed by atoms with Gasteiger partial charge in [-0.2, -0.15) is 0 Å². The van der Waals surface area contributed by atoms with Gasteiger partial charge in [0.25, 0.3) is 5.88 Å². The van der Waals surface area contributed by atoms with E-state index in [-0.39, 0.29) is 0 Å². The van der Waals surface area contributed by atoms with Crippen LogP contribution in [0, 0.1) is 0 Å². The maximum absolute atomic E-state index is 10.2. The summed E-state index contributed by atoms with van der Waals surface area (Å²) in [6.07, 6.45) is 2.76.